The van der Waals surface area contributed by atoms with Gasteiger partial charge in [0, 0.05) is 42.6 Å². The van der Waals surface area contributed by atoms with Crippen LogP contribution in [0.15, 0.2) is 55.2 Å². The highest BCUT2D eigenvalue weighted by Crippen LogP contribution is 2.43. The Morgan fingerprint density at radius 2 is 1.93 bits per heavy atom. The summed E-state index contributed by atoms with van der Waals surface area (Å²) in [6.07, 6.45) is 10.0. The molecule has 226 valence electrons. The number of ether oxygens (including phenoxy) is 1. The standard InChI is InChI=1S/C31H38ClN7O3Si/c1-31(2,3)43(4,5)42-24-13-26(25-17-38-15-21(20-6-7-20)8-9-28(38)36-25)39(16-24)29-14-27(34-19-35-29)37-30(40)41-18-23-12-22(32)10-11-33-23/h8-12,14-15,17,19-20,24,26H,6-7,13,16,18H2,1-5H3,(H,34,35,37,40)/t24-,26+/m0/s1. The highest BCUT2D eigenvalue weighted by atomic mass is 35.5. The van der Waals surface area contributed by atoms with E-state index in [1.807, 2.05) is 0 Å². The summed E-state index contributed by atoms with van der Waals surface area (Å²) in [6, 6.07) is 9.34. The minimum absolute atomic E-state index is 0.0126. The van der Waals surface area contributed by atoms with Gasteiger partial charge in [-0.15, -0.1) is 0 Å². The summed E-state index contributed by atoms with van der Waals surface area (Å²) in [5, 5.41) is 3.33. The molecule has 2 fully saturated rings. The van der Waals surface area contributed by atoms with E-state index < -0.39 is 14.4 Å². The SMILES string of the molecule is CC(C)(C)[Si](C)(C)O[C@H]1C[C@H](c2cn3cc(C4CC4)ccc3n2)N(c2cc(NC(=O)OCc3cc(Cl)ccn3)ncn2)C1. The Hall–Kier alpha value is -3.54. The molecular weight excluding hydrogens is 582 g/mol. The van der Waals surface area contributed by atoms with Gasteiger partial charge in [-0.3, -0.25) is 10.3 Å². The number of halogens is 1. The van der Waals surface area contributed by atoms with Crippen molar-refractivity contribution in [2.75, 3.05) is 16.8 Å². The molecule has 0 radical (unpaired) electrons. The average Bonchev–Trinajstić information content (AvgIpc) is 3.58. The van der Waals surface area contributed by atoms with Gasteiger partial charge in [-0.1, -0.05) is 38.4 Å². The first kappa shape index (κ1) is 29.5. The van der Waals surface area contributed by atoms with Crippen LogP contribution >= 0.6 is 11.6 Å². The third kappa shape index (κ3) is 6.68. The Balaban J connectivity index is 1.23. The number of nitrogens with one attached hydrogen (secondary N) is 1. The topological polar surface area (TPSA) is 107 Å². The first-order chi connectivity index (χ1) is 20.4. The molecule has 2 atom stereocenters. The van der Waals surface area contributed by atoms with Crippen molar-refractivity contribution in [2.45, 2.75) is 82.8 Å². The molecular formula is C31H38ClN7O3Si. The van der Waals surface area contributed by atoms with Crippen LogP contribution in [0.3, 0.4) is 0 Å². The smallest absolute Gasteiger partial charge is 0.413 e. The molecule has 1 aliphatic carbocycles. The summed E-state index contributed by atoms with van der Waals surface area (Å²) in [4.78, 5) is 32.9. The van der Waals surface area contributed by atoms with Crippen molar-refractivity contribution in [1.82, 2.24) is 24.3 Å². The molecule has 0 spiro atoms. The maximum Gasteiger partial charge on any atom is 0.413 e. The van der Waals surface area contributed by atoms with Crippen LogP contribution in [0.5, 0.6) is 0 Å². The molecule has 4 aromatic heterocycles. The molecule has 1 saturated heterocycles. The number of anilines is 2. The maximum absolute atomic E-state index is 12.6. The zero-order valence-corrected chi connectivity index (χ0v) is 27.0. The van der Waals surface area contributed by atoms with E-state index in [1.54, 1.807) is 24.4 Å². The van der Waals surface area contributed by atoms with Crippen LogP contribution in [-0.2, 0) is 15.8 Å². The van der Waals surface area contributed by atoms with Crippen molar-refractivity contribution < 1.29 is 14.0 Å². The third-order valence-electron chi connectivity index (χ3n) is 8.72. The Kier molecular flexibility index (Phi) is 7.91. The van der Waals surface area contributed by atoms with Gasteiger partial charge in [0.05, 0.1) is 23.5 Å². The molecule has 10 nitrogen and oxygen atoms in total. The second-order valence-corrected chi connectivity index (χ2v) is 18.2. The van der Waals surface area contributed by atoms with Crippen LogP contribution in [0.1, 0.15) is 68.9 Å². The number of fused-ring (bicyclic) bond motifs is 1. The molecule has 12 heteroatoms. The van der Waals surface area contributed by atoms with Crippen LogP contribution in [0, 0.1) is 0 Å². The van der Waals surface area contributed by atoms with Crippen LogP contribution in [0.25, 0.3) is 5.65 Å². The molecule has 5 heterocycles. The zero-order valence-electron chi connectivity index (χ0n) is 25.2. The molecule has 0 aromatic carbocycles. The predicted octanol–water partition coefficient (Wildman–Crippen LogP) is 7.14. The molecule has 1 amide bonds. The van der Waals surface area contributed by atoms with E-state index >= 15 is 0 Å². The van der Waals surface area contributed by atoms with Gasteiger partial charge in [0.2, 0.25) is 0 Å². The van der Waals surface area contributed by atoms with Gasteiger partial charge in [0.1, 0.15) is 30.2 Å². The number of pyridine rings is 2. The minimum atomic E-state index is -2.02. The van der Waals surface area contributed by atoms with E-state index in [9.17, 15) is 4.79 Å². The maximum atomic E-state index is 12.6. The molecule has 2 aliphatic rings. The van der Waals surface area contributed by atoms with Crippen LogP contribution < -0.4 is 10.2 Å². The number of hydrogen-bond donors (Lipinski definition) is 1. The molecule has 6 rings (SSSR count). The van der Waals surface area contributed by atoms with Gasteiger partial charge < -0.3 is 18.5 Å². The van der Waals surface area contributed by atoms with Gasteiger partial charge in [-0.05, 0) is 60.7 Å². The molecule has 0 bridgehead atoms. The number of aromatic nitrogens is 5. The van der Waals surface area contributed by atoms with Crippen molar-refractivity contribution in [2.24, 2.45) is 0 Å². The minimum Gasteiger partial charge on any atom is -0.443 e. The van der Waals surface area contributed by atoms with E-state index in [0.717, 1.165) is 17.8 Å². The molecule has 1 saturated carbocycles. The summed E-state index contributed by atoms with van der Waals surface area (Å²) in [6.45, 7) is 12.0. The van der Waals surface area contributed by atoms with Crippen LogP contribution in [0.2, 0.25) is 23.2 Å². The van der Waals surface area contributed by atoms with Gasteiger partial charge in [0.25, 0.3) is 0 Å². The zero-order chi connectivity index (χ0) is 30.4. The summed E-state index contributed by atoms with van der Waals surface area (Å²) < 4.78 is 14.4. The summed E-state index contributed by atoms with van der Waals surface area (Å²) in [5.74, 6) is 1.69. The van der Waals surface area contributed by atoms with Crippen molar-refractivity contribution in [3.63, 3.8) is 0 Å². The largest absolute Gasteiger partial charge is 0.443 e. The van der Waals surface area contributed by atoms with E-state index in [2.05, 4.69) is 88.0 Å². The lowest BCUT2D eigenvalue weighted by Crippen LogP contribution is -2.44. The Morgan fingerprint density at radius 3 is 2.67 bits per heavy atom. The first-order valence-electron chi connectivity index (χ1n) is 14.7. The van der Waals surface area contributed by atoms with E-state index in [-0.39, 0.29) is 23.8 Å². The highest BCUT2D eigenvalue weighted by Gasteiger charge is 2.44. The number of carbonyl (C=O) groups is 1. The fourth-order valence-electron chi connectivity index (χ4n) is 5.24. The number of amides is 1. The van der Waals surface area contributed by atoms with Gasteiger partial charge in [-0.2, -0.15) is 0 Å². The Labute approximate surface area is 258 Å². The number of hydrogen-bond acceptors (Lipinski definition) is 8. The first-order valence-corrected chi connectivity index (χ1v) is 18.0. The molecule has 0 unspecified atom stereocenters. The van der Waals surface area contributed by atoms with Gasteiger partial charge >= 0.3 is 6.09 Å². The van der Waals surface area contributed by atoms with E-state index in [1.165, 1.54) is 24.7 Å². The van der Waals surface area contributed by atoms with Gasteiger partial charge in [-0.25, -0.2) is 19.7 Å². The quantitative estimate of drug-likeness (QED) is 0.207. The second kappa shape index (κ2) is 11.5. The van der Waals surface area contributed by atoms with Crippen molar-refractivity contribution in [1.29, 1.82) is 0 Å². The lowest BCUT2D eigenvalue weighted by atomic mass is 10.1. The Morgan fingerprint density at radius 1 is 1.12 bits per heavy atom. The highest BCUT2D eigenvalue weighted by molar-refractivity contribution is 6.74. The fourth-order valence-corrected chi connectivity index (χ4v) is 6.78. The van der Waals surface area contributed by atoms with E-state index in [0.29, 0.717) is 34.8 Å². The summed E-state index contributed by atoms with van der Waals surface area (Å²) >= 11 is 6.01. The lowest BCUT2D eigenvalue weighted by molar-refractivity contribution is 0.153. The monoisotopic (exact) mass is 619 g/mol. The molecule has 1 aliphatic heterocycles. The van der Waals surface area contributed by atoms with Crippen molar-refractivity contribution in [3.8, 4) is 0 Å². The number of carbonyl (C=O) groups excluding carboxylic acids is 1. The fraction of sp³-hybridized carbons (Fsp3) is 0.452. The number of imidazole rings is 1. The van der Waals surface area contributed by atoms with Crippen LogP contribution in [0.4, 0.5) is 16.4 Å². The number of rotatable bonds is 8. The Bertz CT molecular complexity index is 1640. The average molecular weight is 620 g/mol. The molecule has 4 aromatic rings. The molecule has 1 N–H and O–H groups in total. The van der Waals surface area contributed by atoms with E-state index in [4.69, 9.17) is 25.7 Å². The number of nitrogens with zero attached hydrogens (tertiary/aromatic N) is 6. The normalized spacial score (nSPS) is 19.2. The summed E-state index contributed by atoms with van der Waals surface area (Å²) in [5.41, 5.74) is 3.81. The third-order valence-corrected chi connectivity index (χ3v) is 13.5. The summed E-state index contributed by atoms with van der Waals surface area (Å²) in [7, 11) is -2.02. The van der Waals surface area contributed by atoms with Crippen LogP contribution in [-0.4, -0.2) is 51.4 Å². The lowest BCUT2D eigenvalue weighted by Gasteiger charge is -2.38. The molecule has 43 heavy (non-hydrogen) atoms. The van der Waals surface area contributed by atoms with Gasteiger partial charge in [0.15, 0.2) is 8.32 Å². The van der Waals surface area contributed by atoms with Crippen molar-refractivity contribution in [3.05, 3.63) is 77.2 Å². The van der Waals surface area contributed by atoms with Crippen molar-refractivity contribution >= 4 is 43.3 Å². The predicted molar refractivity (Wildman–Crippen MR) is 169 cm³/mol. The second-order valence-electron chi connectivity index (χ2n) is 13.0.